The van der Waals surface area contributed by atoms with Gasteiger partial charge in [0.05, 0.1) is 24.9 Å². The zero-order chi connectivity index (χ0) is 19.2. The number of rotatable bonds is 6. The number of hydrogen-bond donors (Lipinski definition) is 1. The zero-order valence-electron chi connectivity index (χ0n) is 16.0. The fraction of sp³-hybridized carbons (Fsp3) is 0.381. The molecule has 1 saturated heterocycles. The summed E-state index contributed by atoms with van der Waals surface area (Å²) in [6.07, 6.45) is 0. The van der Waals surface area contributed by atoms with Crippen LogP contribution in [0.3, 0.4) is 0 Å². The Morgan fingerprint density at radius 2 is 1.74 bits per heavy atom. The maximum Gasteiger partial charge on any atom is 0.277 e. The molecule has 6 heteroatoms. The highest BCUT2D eigenvalue weighted by Gasteiger charge is 2.24. The van der Waals surface area contributed by atoms with Crippen molar-refractivity contribution in [2.45, 2.75) is 6.54 Å². The first-order valence-electron chi connectivity index (χ1n) is 9.28. The number of nitrogens with zero attached hydrogens (tertiary/aromatic N) is 2. The molecule has 0 radical (unpaired) electrons. The van der Waals surface area contributed by atoms with Crippen molar-refractivity contribution in [3.63, 3.8) is 0 Å². The summed E-state index contributed by atoms with van der Waals surface area (Å²) in [5.41, 5.74) is 2.25. The molecule has 5 nitrogen and oxygen atoms in total. The van der Waals surface area contributed by atoms with Crippen LogP contribution in [0, 0.1) is 0 Å². The number of amides is 1. The summed E-state index contributed by atoms with van der Waals surface area (Å²) in [4.78, 5) is 18.0. The van der Waals surface area contributed by atoms with Crippen LogP contribution in [0.15, 0.2) is 48.5 Å². The third-order valence-corrected chi connectivity index (χ3v) is 5.26. The lowest BCUT2D eigenvalue weighted by atomic mass is 10.2. The summed E-state index contributed by atoms with van der Waals surface area (Å²) >= 11 is 6.29. The third-order valence-electron chi connectivity index (χ3n) is 4.94. The highest BCUT2D eigenvalue weighted by Crippen LogP contribution is 2.25. The van der Waals surface area contributed by atoms with Gasteiger partial charge in [0.15, 0.2) is 6.54 Å². The number of para-hydroxylation sites is 1. The summed E-state index contributed by atoms with van der Waals surface area (Å²) in [6.45, 7) is 4.41. The van der Waals surface area contributed by atoms with E-state index in [0.717, 1.165) is 49.2 Å². The number of likely N-dealkylation sites (N-methyl/N-ethyl adjacent to an activating group) is 1. The molecule has 3 rings (SSSR count). The molecule has 1 heterocycles. The van der Waals surface area contributed by atoms with Gasteiger partial charge in [-0.1, -0.05) is 23.7 Å². The van der Waals surface area contributed by atoms with Gasteiger partial charge >= 0.3 is 0 Å². The van der Waals surface area contributed by atoms with Crippen LogP contribution in [0.4, 0.5) is 5.69 Å². The second-order valence-electron chi connectivity index (χ2n) is 6.98. The lowest BCUT2D eigenvalue weighted by Gasteiger charge is -2.36. The van der Waals surface area contributed by atoms with Gasteiger partial charge in [0.1, 0.15) is 12.3 Å². The van der Waals surface area contributed by atoms with Crippen LogP contribution in [0.2, 0.25) is 5.02 Å². The van der Waals surface area contributed by atoms with Crippen molar-refractivity contribution in [3.8, 4) is 5.75 Å². The number of quaternary nitrogens is 1. The Balaban J connectivity index is 1.48. The van der Waals surface area contributed by atoms with Gasteiger partial charge in [0.2, 0.25) is 0 Å². The highest BCUT2D eigenvalue weighted by molar-refractivity contribution is 6.33. The highest BCUT2D eigenvalue weighted by atomic mass is 35.5. The molecular formula is C21H27ClN3O2+. The van der Waals surface area contributed by atoms with E-state index in [4.69, 9.17) is 16.3 Å². The molecule has 1 aliphatic heterocycles. The van der Waals surface area contributed by atoms with Crippen molar-refractivity contribution < 1.29 is 14.4 Å². The van der Waals surface area contributed by atoms with E-state index in [1.54, 1.807) is 7.11 Å². The van der Waals surface area contributed by atoms with Crippen molar-refractivity contribution in [2.75, 3.05) is 51.8 Å². The molecule has 144 valence electrons. The van der Waals surface area contributed by atoms with E-state index in [9.17, 15) is 4.79 Å². The molecule has 0 aromatic heterocycles. The monoisotopic (exact) mass is 388 g/mol. The molecule has 1 fully saturated rings. The Bertz CT molecular complexity index is 758. The fourth-order valence-corrected chi connectivity index (χ4v) is 3.68. The van der Waals surface area contributed by atoms with Gasteiger partial charge in [0.25, 0.3) is 5.91 Å². The van der Waals surface area contributed by atoms with Crippen molar-refractivity contribution in [1.29, 1.82) is 0 Å². The first-order valence-corrected chi connectivity index (χ1v) is 9.66. The van der Waals surface area contributed by atoms with Crippen LogP contribution in [0.1, 0.15) is 5.56 Å². The van der Waals surface area contributed by atoms with E-state index in [1.165, 1.54) is 10.5 Å². The number of benzene rings is 2. The van der Waals surface area contributed by atoms with Crippen molar-refractivity contribution in [3.05, 3.63) is 59.1 Å². The quantitative estimate of drug-likeness (QED) is 0.818. The Morgan fingerprint density at radius 1 is 1.07 bits per heavy atom. The number of halogens is 1. The number of nitrogens with one attached hydrogen (secondary N) is 1. The number of ether oxygens (including phenoxy) is 1. The number of methoxy groups -OCH3 is 1. The summed E-state index contributed by atoms with van der Waals surface area (Å²) in [7, 11) is 3.72. The van der Waals surface area contributed by atoms with E-state index in [0.29, 0.717) is 6.54 Å². The molecule has 2 aromatic rings. The van der Waals surface area contributed by atoms with Gasteiger partial charge in [-0.3, -0.25) is 4.79 Å². The maximum absolute atomic E-state index is 12.6. The molecule has 1 N–H and O–H groups in total. The van der Waals surface area contributed by atoms with Gasteiger partial charge in [-0.15, -0.1) is 0 Å². The van der Waals surface area contributed by atoms with Gasteiger partial charge in [-0.25, -0.2) is 0 Å². The molecule has 0 saturated carbocycles. The summed E-state index contributed by atoms with van der Waals surface area (Å²) in [5, 5.41) is 0.765. The number of anilines is 1. The lowest BCUT2D eigenvalue weighted by molar-refractivity contribution is -0.885. The smallest absolute Gasteiger partial charge is 0.277 e. The van der Waals surface area contributed by atoms with E-state index >= 15 is 0 Å². The van der Waals surface area contributed by atoms with Crippen molar-refractivity contribution in [2.24, 2.45) is 0 Å². The Morgan fingerprint density at radius 3 is 2.37 bits per heavy atom. The van der Waals surface area contributed by atoms with Crippen LogP contribution in [0.25, 0.3) is 0 Å². The molecule has 0 bridgehead atoms. The maximum atomic E-state index is 12.6. The Labute approximate surface area is 166 Å². The normalized spacial score (nSPS) is 15.5. The second kappa shape index (κ2) is 9.11. The SMILES string of the molecule is COc1ccc(C[NH+](C)CC(=O)N2CCN(c3ccccc3Cl)CC2)cc1. The zero-order valence-corrected chi connectivity index (χ0v) is 16.7. The Kier molecular flexibility index (Phi) is 6.58. The number of hydrogen-bond acceptors (Lipinski definition) is 3. The minimum Gasteiger partial charge on any atom is -0.497 e. The summed E-state index contributed by atoms with van der Waals surface area (Å²) in [5.74, 6) is 1.06. The molecule has 0 spiro atoms. The predicted molar refractivity (Wildman–Crippen MR) is 109 cm³/mol. The molecule has 27 heavy (non-hydrogen) atoms. The van der Waals surface area contributed by atoms with Crippen LogP contribution in [-0.4, -0.2) is 57.7 Å². The van der Waals surface area contributed by atoms with Gasteiger partial charge in [-0.05, 0) is 36.4 Å². The lowest BCUT2D eigenvalue weighted by Crippen LogP contribution is -3.09. The van der Waals surface area contributed by atoms with E-state index < -0.39 is 0 Å². The number of carbonyl (C=O) groups is 1. The van der Waals surface area contributed by atoms with Gasteiger partial charge < -0.3 is 19.4 Å². The molecule has 1 amide bonds. The molecule has 1 atom stereocenters. The first-order chi connectivity index (χ1) is 13.1. The average Bonchev–Trinajstić information content (AvgIpc) is 2.69. The molecule has 1 unspecified atom stereocenters. The van der Waals surface area contributed by atoms with Crippen molar-refractivity contribution >= 4 is 23.2 Å². The van der Waals surface area contributed by atoms with Crippen LogP contribution in [-0.2, 0) is 11.3 Å². The summed E-state index contributed by atoms with van der Waals surface area (Å²) < 4.78 is 5.19. The van der Waals surface area contributed by atoms with Gasteiger partial charge in [-0.2, -0.15) is 0 Å². The number of carbonyl (C=O) groups excluding carboxylic acids is 1. The van der Waals surface area contributed by atoms with E-state index in [1.807, 2.05) is 41.3 Å². The van der Waals surface area contributed by atoms with Crippen LogP contribution in [0.5, 0.6) is 5.75 Å². The molecular weight excluding hydrogens is 362 g/mol. The first kappa shape index (κ1) is 19.5. The van der Waals surface area contributed by atoms with Crippen LogP contribution >= 0.6 is 11.6 Å². The minimum absolute atomic E-state index is 0.208. The van der Waals surface area contributed by atoms with Gasteiger partial charge in [0, 0.05) is 31.7 Å². The fourth-order valence-electron chi connectivity index (χ4n) is 3.43. The molecule has 1 aliphatic rings. The minimum atomic E-state index is 0.208. The number of piperazine rings is 1. The second-order valence-corrected chi connectivity index (χ2v) is 7.39. The molecule has 2 aromatic carbocycles. The average molecular weight is 389 g/mol. The van der Waals surface area contributed by atoms with Crippen molar-refractivity contribution in [1.82, 2.24) is 4.90 Å². The van der Waals surface area contributed by atoms with Crippen LogP contribution < -0.4 is 14.5 Å². The van der Waals surface area contributed by atoms with E-state index in [2.05, 4.69) is 24.1 Å². The molecule has 0 aliphatic carbocycles. The standard InChI is InChI=1S/C21H26ClN3O2/c1-23(15-17-7-9-18(27-2)10-8-17)16-21(26)25-13-11-24(12-14-25)20-6-4-3-5-19(20)22/h3-10H,11-16H2,1-2H3/p+1. The summed E-state index contributed by atoms with van der Waals surface area (Å²) in [6, 6.07) is 15.9. The topological polar surface area (TPSA) is 37.2 Å². The third kappa shape index (κ3) is 5.15. The van der Waals surface area contributed by atoms with E-state index in [-0.39, 0.29) is 5.91 Å². The largest absolute Gasteiger partial charge is 0.497 e. The Hall–Kier alpha value is -2.24. The predicted octanol–water partition coefficient (Wildman–Crippen LogP) is 1.71.